The van der Waals surface area contributed by atoms with Crippen molar-refractivity contribution in [3.63, 3.8) is 0 Å². The van der Waals surface area contributed by atoms with E-state index in [4.69, 9.17) is 0 Å². The lowest BCUT2D eigenvalue weighted by Gasteiger charge is -2.37. The summed E-state index contributed by atoms with van der Waals surface area (Å²) in [4.78, 5) is 14.5. The van der Waals surface area contributed by atoms with Gasteiger partial charge in [0.2, 0.25) is 5.88 Å². The number of hydrogen-bond acceptors (Lipinski definition) is 5. The van der Waals surface area contributed by atoms with Crippen LogP contribution in [0.2, 0.25) is 0 Å². The molecule has 0 radical (unpaired) electrons. The molecule has 4 heterocycles. The average molecular weight is 518 g/mol. The molecule has 12 heteroatoms. The summed E-state index contributed by atoms with van der Waals surface area (Å²) in [5.74, 6) is 0.763. The quantitative estimate of drug-likeness (QED) is 0.310. The molecule has 0 N–H and O–H groups in total. The van der Waals surface area contributed by atoms with Crippen molar-refractivity contribution in [3.05, 3.63) is 66.0 Å². The average Bonchev–Trinajstić information content (AvgIpc) is 3.40. The van der Waals surface area contributed by atoms with Crippen LogP contribution in [-0.2, 0) is 19.8 Å². The molecular formula is C25H23F5N6O. The Bertz CT molecular complexity index is 1430. The number of alkyl halides is 5. The minimum atomic E-state index is -4.52. The van der Waals surface area contributed by atoms with E-state index in [2.05, 4.69) is 29.2 Å². The number of ether oxygens (including phenoxy) is 1. The summed E-state index contributed by atoms with van der Waals surface area (Å²) in [6.45, 7) is 2.09. The van der Waals surface area contributed by atoms with Crippen LogP contribution >= 0.6 is 0 Å². The summed E-state index contributed by atoms with van der Waals surface area (Å²) in [7, 11) is 1.52. The van der Waals surface area contributed by atoms with Gasteiger partial charge in [-0.3, -0.25) is 0 Å². The molecule has 37 heavy (non-hydrogen) atoms. The standard InChI is InChI=1S/C25H23F5N6O/c1-14-21-20(18-5-4-10-31-23(18)37-24(26)27)32-15(2)36(21)12-11-35(14)17-8-6-16(7-9-17)22-33-19(13-34(22)3)25(28,29)30/h4-10,13-14,24H,11-12H2,1-3H3. The first-order valence-electron chi connectivity index (χ1n) is 11.5. The fourth-order valence-corrected chi connectivity index (χ4v) is 4.81. The van der Waals surface area contributed by atoms with Crippen molar-refractivity contribution in [2.75, 3.05) is 11.4 Å². The Morgan fingerprint density at radius 3 is 2.43 bits per heavy atom. The molecule has 1 atom stereocenters. The van der Waals surface area contributed by atoms with Gasteiger partial charge in [0.1, 0.15) is 11.6 Å². The number of nitrogens with zero attached hydrogens (tertiary/aromatic N) is 6. The molecule has 0 fully saturated rings. The van der Waals surface area contributed by atoms with Crippen LogP contribution in [0.1, 0.15) is 30.2 Å². The zero-order chi connectivity index (χ0) is 26.5. The lowest BCUT2D eigenvalue weighted by atomic mass is 10.0. The van der Waals surface area contributed by atoms with Crippen molar-refractivity contribution in [2.45, 2.75) is 39.2 Å². The molecule has 7 nitrogen and oxygen atoms in total. The molecule has 1 aliphatic heterocycles. The summed E-state index contributed by atoms with van der Waals surface area (Å²) in [6, 6.07) is 10.2. The number of pyridine rings is 1. The highest BCUT2D eigenvalue weighted by Crippen LogP contribution is 2.40. The smallest absolute Gasteiger partial charge is 0.416 e. The number of aryl methyl sites for hydroxylation is 2. The van der Waals surface area contributed by atoms with Gasteiger partial charge in [-0.25, -0.2) is 15.0 Å². The number of fused-ring (bicyclic) bond motifs is 1. The third kappa shape index (κ3) is 4.51. The van der Waals surface area contributed by atoms with Crippen molar-refractivity contribution in [3.8, 4) is 28.5 Å². The minimum absolute atomic E-state index is 0.194. The van der Waals surface area contributed by atoms with E-state index in [0.29, 0.717) is 29.9 Å². The molecule has 0 aliphatic carbocycles. The number of hydrogen-bond donors (Lipinski definition) is 0. The number of rotatable bonds is 5. The summed E-state index contributed by atoms with van der Waals surface area (Å²) < 4.78 is 73.3. The second kappa shape index (κ2) is 9.16. The molecule has 3 aromatic heterocycles. The van der Waals surface area contributed by atoms with Gasteiger partial charge in [-0.05, 0) is 50.2 Å². The zero-order valence-corrected chi connectivity index (χ0v) is 20.2. The van der Waals surface area contributed by atoms with E-state index in [0.717, 1.165) is 23.4 Å². The third-order valence-electron chi connectivity index (χ3n) is 6.48. The highest BCUT2D eigenvalue weighted by Gasteiger charge is 2.35. The van der Waals surface area contributed by atoms with Gasteiger partial charge in [-0.15, -0.1) is 0 Å². The van der Waals surface area contributed by atoms with E-state index in [9.17, 15) is 22.0 Å². The Morgan fingerprint density at radius 1 is 1.05 bits per heavy atom. The Balaban J connectivity index is 1.48. The minimum Gasteiger partial charge on any atom is -0.416 e. The molecule has 1 unspecified atom stereocenters. The molecule has 0 amide bonds. The third-order valence-corrected chi connectivity index (χ3v) is 6.48. The largest absolute Gasteiger partial charge is 0.434 e. The van der Waals surface area contributed by atoms with Gasteiger partial charge in [-0.2, -0.15) is 22.0 Å². The highest BCUT2D eigenvalue weighted by molar-refractivity contribution is 5.70. The SMILES string of the molecule is Cc1nc(-c2cccnc2OC(F)F)c2n1CCN(c1ccc(-c3nc(C(F)(F)F)cn3C)cc1)C2C. The summed E-state index contributed by atoms with van der Waals surface area (Å²) in [5.41, 5.74) is 2.19. The van der Waals surface area contributed by atoms with Crippen LogP contribution in [0.4, 0.5) is 27.6 Å². The Labute approximate surface area is 209 Å². The van der Waals surface area contributed by atoms with Gasteiger partial charge in [-0.1, -0.05) is 0 Å². The molecule has 4 aromatic rings. The normalized spacial score (nSPS) is 15.8. The van der Waals surface area contributed by atoms with Crippen LogP contribution in [0.25, 0.3) is 22.6 Å². The fourth-order valence-electron chi connectivity index (χ4n) is 4.81. The second-order valence-corrected chi connectivity index (χ2v) is 8.75. The Morgan fingerprint density at radius 2 is 1.78 bits per heavy atom. The van der Waals surface area contributed by atoms with Crippen LogP contribution in [0.3, 0.4) is 0 Å². The molecule has 0 bridgehead atoms. The molecule has 0 spiro atoms. The van der Waals surface area contributed by atoms with Crippen molar-refractivity contribution in [1.29, 1.82) is 0 Å². The summed E-state index contributed by atoms with van der Waals surface area (Å²) >= 11 is 0. The van der Waals surface area contributed by atoms with Gasteiger partial charge >= 0.3 is 12.8 Å². The molecular weight excluding hydrogens is 495 g/mol. The van der Waals surface area contributed by atoms with E-state index >= 15 is 0 Å². The first-order valence-corrected chi connectivity index (χ1v) is 11.5. The molecule has 1 aliphatic rings. The molecule has 0 saturated carbocycles. The summed E-state index contributed by atoms with van der Waals surface area (Å²) in [6.07, 6.45) is -2.18. The summed E-state index contributed by atoms with van der Waals surface area (Å²) in [5, 5.41) is 0. The maximum Gasteiger partial charge on any atom is 0.434 e. The molecule has 5 rings (SSSR count). The van der Waals surface area contributed by atoms with Crippen LogP contribution in [0, 0.1) is 6.92 Å². The Kier molecular flexibility index (Phi) is 6.12. The van der Waals surface area contributed by atoms with Crippen LogP contribution in [-0.4, -0.2) is 37.2 Å². The van der Waals surface area contributed by atoms with Crippen LogP contribution in [0.15, 0.2) is 48.8 Å². The fraction of sp³-hybridized carbons (Fsp3) is 0.320. The first kappa shape index (κ1) is 24.7. The predicted molar refractivity (Wildman–Crippen MR) is 126 cm³/mol. The van der Waals surface area contributed by atoms with E-state index in [1.165, 1.54) is 17.8 Å². The topological polar surface area (TPSA) is 61.0 Å². The highest BCUT2D eigenvalue weighted by atomic mass is 19.4. The van der Waals surface area contributed by atoms with E-state index in [-0.39, 0.29) is 17.7 Å². The lowest BCUT2D eigenvalue weighted by molar-refractivity contribution is -0.140. The van der Waals surface area contributed by atoms with Crippen molar-refractivity contribution < 1.29 is 26.7 Å². The molecule has 194 valence electrons. The predicted octanol–water partition coefficient (Wildman–Crippen LogP) is 5.86. The number of imidazole rings is 2. The maximum absolute atomic E-state index is 13.1. The van der Waals surface area contributed by atoms with Crippen LogP contribution in [0.5, 0.6) is 5.88 Å². The second-order valence-electron chi connectivity index (χ2n) is 8.75. The van der Waals surface area contributed by atoms with Gasteiger partial charge < -0.3 is 18.8 Å². The first-order chi connectivity index (χ1) is 17.5. The van der Waals surface area contributed by atoms with Gasteiger partial charge in [0.05, 0.1) is 23.0 Å². The number of halogens is 5. The van der Waals surface area contributed by atoms with Crippen LogP contribution < -0.4 is 9.64 Å². The van der Waals surface area contributed by atoms with E-state index < -0.39 is 18.5 Å². The number of benzene rings is 1. The zero-order valence-electron chi connectivity index (χ0n) is 20.2. The maximum atomic E-state index is 13.1. The van der Waals surface area contributed by atoms with E-state index in [1.807, 2.05) is 26.0 Å². The van der Waals surface area contributed by atoms with Gasteiger partial charge in [0, 0.05) is 43.8 Å². The monoisotopic (exact) mass is 518 g/mol. The molecule has 1 aromatic carbocycles. The van der Waals surface area contributed by atoms with Crippen molar-refractivity contribution in [2.24, 2.45) is 7.05 Å². The van der Waals surface area contributed by atoms with Gasteiger partial charge in [0.25, 0.3) is 0 Å². The van der Waals surface area contributed by atoms with Crippen molar-refractivity contribution in [1.82, 2.24) is 24.1 Å². The van der Waals surface area contributed by atoms with E-state index in [1.54, 1.807) is 24.3 Å². The number of aromatic nitrogens is 5. The lowest BCUT2D eigenvalue weighted by Crippen LogP contribution is -2.37. The van der Waals surface area contributed by atoms with Gasteiger partial charge in [0.15, 0.2) is 5.69 Å². The Hall–Kier alpha value is -3.96. The molecule has 0 saturated heterocycles. The van der Waals surface area contributed by atoms with Crippen molar-refractivity contribution >= 4 is 5.69 Å². The number of anilines is 1.